The summed E-state index contributed by atoms with van der Waals surface area (Å²) in [6, 6.07) is 0. The summed E-state index contributed by atoms with van der Waals surface area (Å²) in [5.41, 5.74) is 0. The number of carbonyl (C=O) groups excluding carboxylic acids is 1. The number of hydrogen-bond acceptors (Lipinski definition) is 5. The van der Waals surface area contributed by atoms with Gasteiger partial charge in [0.1, 0.15) is 17.5 Å². The van der Waals surface area contributed by atoms with Crippen molar-refractivity contribution in [3.63, 3.8) is 0 Å². The molecule has 0 aromatic rings. The number of rotatable bonds is 0. The molecule has 2 aliphatic rings. The van der Waals surface area contributed by atoms with Crippen LogP contribution in [0, 0.1) is 0 Å². The Morgan fingerprint density at radius 2 is 2.27 bits per heavy atom. The van der Waals surface area contributed by atoms with Crippen LogP contribution in [0.3, 0.4) is 0 Å². The monoisotopic (exact) mass is 176 g/mol. The lowest BCUT2D eigenvalue weighted by Crippen LogP contribution is -2.43. The van der Waals surface area contributed by atoms with Gasteiger partial charge in [-0.1, -0.05) is 0 Å². The van der Waals surface area contributed by atoms with E-state index in [9.17, 15) is 15.0 Å². The normalized spacial score (nSPS) is 49.1. The molecule has 0 unspecified atom stereocenters. The lowest BCUT2D eigenvalue weighted by Gasteiger charge is -2.25. The molecule has 0 aromatic heterocycles. The van der Waals surface area contributed by atoms with E-state index in [-0.39, 0.29) is 0 Å². The molecule has 2 fully saturated rings. The number of ether oxygens (including phenoxy) is 1. The standard InChI is InChI=1S/C6H8O4S/c7-2-1-11-5-3(8)4(2)10-6(5)9/h2-5,7-8H,1H2/t2-,3+,4-,5+/m1/s1. The van der Waals surface area contributed by atoms with Gasteiger partial charge in [-0.05, 0) is 0 Å². The van der Waals surface area contributed by atoms with Crippen molar-refractivity contribution in [3.05, 3.63) is 0 Å². The number of fused-ring (bicyclic) bond motifs is 2. The molecule has 5 heteroatoms. The molecule has 0 aliphatic carbocycles. The van der Waals surface area contributed by atoms with Crippen LogP contribution in [0.4, 0.5) is 0 Å². The molecule has 0 spiro atoms. The third kappa shape index (κ3) is 0.953. The van der Waals surface area contributed by atoms with E-state index in [0.717, 1.165) is 0 Å². The van der Waals surface area contributed by atoms with Crippen molar-refractivity contribution >= 4 is 17.7 Å². The number of hydrogen-bond donors (Lipinski definition) is 2. The Morgan fingerprint density at radius 1 is 1.55 bits per heavy atom. The molecular weight excluding hydrogens is 168 g/mol. The van der Waals surface area contributed by atoms with Gasteiger partial charge in [0.25, 0.3) is 0 Å². The third-order valence-corrected chi connectivity index (χ3v) is 3.32. The van der Waals surface area contributed by atoms with Crippen molar-refractivity contribution in [1.29, 1.82) is 0 Å². The molecule has 4 atom stereocenters. The van der Waals surface area contributed by atoms with E-state index in [0.29, 0.717) is 5.75 Å². The third-order valence-electron chi connectivity index (χ3n) is 1.96. The van der Waals surface area contributed by atoms with E-state index in [4.69, 9.17) is 4.74 Å². The fourth-order valence-electron chi connectivity index (χ4n) is 1.35. The SMILES string of the molecule is O=C1O[C@H]2[C@H](O)[C@@H]1SC[C@H]2O. The van der Waals surface area contributed by atoms with Crippen LogP contribution in [-0.4, -0.2) is 45.5 Å². The minimum atomic E-state index is -0.823. The number of carbonyl (C=O) groups is 1. The van der Waals surface area contributed by atoms with Gasteiger partial charge >= 0.3 is 5.97 Å². The maximum Gasteiger partial charge on any atom is 0.322 e. The Hall–Kier alpha value is -0.260. The zero-order valence-electron chi connectivity index (χ0n) is 5.64. The minimum Gasteiger partial charge on any atom is -0.456 e. The van der Waals surface area contributed by atoms with Gasteiger partial charge in [-0.2, -0.15) is 0 Å². The van der Waals surface area contributed by atoms with Gasteiger partial charge < -0.3 is 14.9 Å². The molecule has 0 radical (unpaired) electrons. The lowest BCUT2D eigenvalue weighted by molar-refractivity contribution is -0.145. The van der Waals surface area contributed by atoms with E-state index in [2.05, 4.69) is 0 Å². The summed E-state index contributed by atoms with van der Waals surface area (Å²) in [7, 11) is 0. The summed E-state index contributed by atoms with van der Waals surface area (Å²) in [5, 5.41) is 18.1. The van der Waals surface area contributed by atoms with Gasteiger partial charge in [0.15, 0.2) is 6.10 Å². The summed E-state index contributed by atoms with van der Waals surface area (Å²) in [6.07, 6.45) is -2.22. The van der Waals surface area contributed by atoms with E-state index < -0.39 is 29.5 Å². The Balaban J connectivity index is 2.23. The molecule has 2 rings (SSSR count). The molecule has 2 bridgehead atoms. The van der Waals surface area contributed by atoms with Gasteiger partial charge in [0.2, 0.25) is 0 Å². The molecule has 2 saturated heterocycles. The predicted octanol–water partition coefficient (Wildman–Crippen LogP) is -1.25. The molecule has 0 saturated carbocycles. The highest BCUT2D eigenvalue weighted by Crippen LogP contribution is 2.34. The van der Waals surface area contributed by atoms with Gasteiger partial charge in [-0.3, -0.25) is 4.79 Å². The molecule has 2 aliphatic heterocycles. The fraction of sp³-hybridized carbons (Fsp3) is 0.833. The number of esters is 1. The van der Waals surface area contributed by atoms with Crippen LogP contribution >= 0.6 is 11.8 Å². The van der Waals surface area contributed by atoms with E-state index in [1.807, 2.05) is 0 Å². The van der Waals surface area contributed by atoms with Crippen molar-refractivity contribution in [2.75, 3.05) is 5.75 Å². The van der Waals surface area contributed by atoms with Gasteiger partial charge in [-0.25, -0.2) is 0 Å². The summed E-state index contributed by atoms with van der Waals surface area (Å²) in [6.45, 7) is 0. The highest BCUT2D eigenvalue weighted by molar-refractivity contribution is 8.00. The maximum atomic E-state index is 10.9. The summed E-state index contributed by atoms with van der Waals surface area (Å²) < 4.78 is 4.75. The zero-order chi connectivity index (χ0) is 8.01. The van der Waals surface area contributed by atoms with Crippen LogP contribution < -0.4 is 0 Å². The molecule has 2 heterocycles. The second-order valence-electron chi connectivity index (χ2n) is 2.71. The van der Waals surface area contributed by atoms with Gasteiger partial charge in [-0.15, -0.1) is 11.8 Å². The lowest BCUT2D eigenvalue weighted by atomic mass is 10.1. The Labute approximate surface area is 67.5 Å². The Kier molecular flexibility index (Phi) is 1.59. The Bertz CT molecular complexity index is 195. The summed E-state index contributed by atoms with van der Waals surface area (Å²) in [5.74, 6) is 0.0713. The van der Waals surface area contributed by atoms with Crippen LogP contribution in [0.5, 0.6) is 0 Å². The second kappa shape index (κ2) is 2.36. The summed E-state index contributed by atoms with van der Waals surface area (Å²) >= 11 is 1.25. The average Bonchev–Trinajstić information content (AvgIpc) is 2.12. The fourth-order valence-corrected chi connectivity index (χ4v) is 2.49. The molecule has 0 amide bonds. The van der Waals surface area contributed by atoms with Crippen LogP contribution in [0.25, 0.3) is 0 Å². The quantitative estimate of drug-likeness (QED) is 0.451. The van der Waals surface area contributed by atoms with Gasteiger partial charge in [0.05, 0.1) is 0 Å². The number of aliphatic hydroxyl groups is 2. The second-order valence-corrected chi connectivity index (χ2v) is 3.89. The van der Waals surface area contributed by atoms with E-state index >= 15 is 0 Å². The molecule has 0 aromatic carbocycles. The topological polar surface area (TPSA) is 66.8 Å². The van der Waals surface area contributed by atoms with Crippen LogP contribution in [-0.2, 0) is 9.53 Å². The smallest absolute Gasteiger partial charge is 0.322 e. The minimum absolute atomic E-state index is 0.399. The Morgan fingerprint density at radius 3 is 2.91 bits per heavy atom. The van der Waals surface area contributed by atoms with Gasteiger partial charge in [0, 0.05) is 5.75 Å². The van der Waals surface area contributed by atoms with Crippen LogP contribution in [0.15, 0.2) is 0 Å². The highest BCUT2D eigenvalue weighted by Gasteiger charge is 2.51. The van der Waals surface area contributed by atoms with Crippen molar-refractivity contribution in [2.24, 2.45) is 0 Å². The van der Waals surface area contributed by atoms with E-state index in [1.54, 1.807) is 0 Å². The molecule has 2 N–H and O–H groups in total. The molecule has 11 heavy (non-hydrogen) atoms. The molecular formula is C6H8O4S. The first-order chi connectivity index (χ1) is 5.20. The first-order valence-electron chi connectivity index (χ1n) is 3.38. The van der Waals surface area contributed by atoms with Crippen LogP contribution in [0.1, 0.15) is 0 Å². The van der Waals surface area contributed by atoms with Crippen molar-refractivity contribution in [2.45, 2.75) is 23.6 Å². The van der Waals surface area contributed by atoms with Crippen molar-refractivity contribution in [1.82, 2.24) is 0 Å². The average molecular weight is 176 g/mol. The van der Waals surface area contributed by atoms with E-state index in [1.165, 1.54) is 11.8 Å². The largest absolute Gasteiger partial charge is 0.456 e. The summed E-state index contributed by atoms with van der Waals surface area (Å²) in [4.78, 5) is 10.9. The molecule has 62 valence electrons. The zero-order valence-corrected chi connectivity index (χ0v) is 6.45. The van der Waals surface area contributed by atoms with Crippen LogP contribution in [0.2, 0.25) is 0 Å². The highest BCUT2D eigenvalue weighted by atomic mass is 32.2. The van der Waals surface area contributed by atoms with Crippen molar-refractivity contribution in [3.8, 4) is 0 Å². The molecule has 4 nitrogen and oxygen atoms in total. The predicted molar refractivity (Wildman–Crippen MR) is 38.1 cm³/mol. The maximum absolute atomic E-state index is 10.9. The first kappa shape index (κ1) is 7.39. The first-order valence-corrected chi connectivity index (χ1v) is 4.43. The van der Waals surface area contributed by atoms with Crippen molar-refractivity contribution < 1.29 is 19.7 Å². The number of aliphatic hydroxyl groups excluding tert-OH is 2. The number of thioether (sulfide) groups is 1.